The van der Waals surface area contributed by atoms with Gasteiger partial charge < -0.3 is 10.6 Å². The number of thiazole rings is 1. The second kappa shape index (κ2) is 4.78. The number of rotatable bonds is 0. The molecule has 2 N–H and O–H groups in total. The Kier molecular flexibility index (Phi) is 3.62. The van der Waals surface area contributed by atoms with Crippen LogP contribution in [0.3, 0.4) is 0 Å². The molecule has 0 bridgehead atoms. The van der Waals surface area contributed by atoms with E-state index in [1.165, 1.54) is 0 Å². The lowest BCUT2D eigenvalue weighted by Gasteiger charge is -1.83. The molecule has 0 aliphatic carbocycles. The number of nitrogens with zero attached hydrogens (tertiary/aromatic N) is 1. The number of hydrogen-bond donors (Lipinski definition) is 2. The van der Waals surface area contributed by atoms with E-state index in [2.05, 4.69) is 27.8 Å². The molecule has 1 aromatic heterocycles. The lowest BCUT2D eigenvalue weighted by Crippen LogP contribution is -2.21. The molecule has 1 fully saturated rings. The highest BCUT2D eigenvalue weighted by atomic mass is 32.1. The minimum absolute atomic E-state index is 0.0509. The maximum atomic E-state index is 10.2. The van der Waals surface area contributed by atoms with Crippen molar-refractivity contribution in [2.45, 2.75) is 0 Å². The average Bonchev–Trinajstić information content (AvgIpc) is 2.63. The summed E-state index contributed by atoms with van der Waals surface area (Å²) in [6.07, 6.45) is 1.77. The molecule has 1 aliphatic rings. The minimum atomic E-state index is -0.0509. The molecular formula is C6H7N3OS2. The van der Waals surface area contributed by atoms with Gasteiger partial charge in [-0.3, -0.25) is 9.78 Å². The van der Waals surface area contributed by atoms with Crippen molar-refractivity contribution < 1.29 is 4.79 Å². The quantitative estimate of drug-likeness (QED) is 0.586. The van der Waals surface area contributed by atoms with Gasteiger partial charge in [0.25, 0.3) is 0 Å². The van der Waals surface area contributed by atoms with Gasteiger partial charge in [-0.2, -0.15) is 0 Å². The van der Waals surface area contributed by atoms with Gasteiger partial charge in [-0.25, -0.2) is 0 Å². The zero-order chi connectivity index (χ0) is 8.81. The van der Waals surface area contributed by atoms with E-state index in [0.717, 1.165) is 0 Å². The Morgan fingerprint density at radius 2 is 2.50 bits per heavy atom. The lowest BCUT2D eigenvalue weighted by atomic mass is 10.7. The summed E-state index contributed by atoms with van der Waals surface area (Å²) in [5.74, 6) is -0.0509. The molecule has 0 unspecified atom stereocenters. The number of carbonyl (C=O) groups is 1. The highest BCUT2D eigenvalue weighted by molar-refractivity contribution is 7.80. The average molecular weight is 201 g/mol. The monoisotopic (exact) mass is 201 g/mol. The third-order valence-electron chi connectivity index (χ3n) is 1.01. The third kappa shape index (κ3) is 3.40. The van der Waals surface area contributed by atoms with E-state index in [1.54, 1.807) is 23.0 Å². The highest BCUT2D eigenvalue weighted by Crippen LogP contribution is 1.85. The van der Waals surface area contributed by atoms with Crippen molar-refractivity contribution in [2.75, 3.05) is 6.54 Å². The van der Waals surface area contributed by atoms with Gasteiger partial charge in [0.1, 0.15) is 0 Å². The fraction of sp³-hybridized carbons (Fsp3) is 0.167. The zero-order valence-corrected chi connectivity index (χ0v) is 7.74. The van der Waals surface area contributed by atoms with Crippen LogP contribution < -0.4 is 10.6 Å². The van der Waals surface area contributed by atoms with Crippen molar-refractivity contribution in [3.63, 3.8) is 0 Å². The van der Waals surface area contributed by atoms with Crippen LogP contribution in [0.15, 0.2) is 17.1 Å². The van der Waals surface area contributed by atoms with Crippen molar-refractivity contribution in [1.29, 1.82) is 0 Å². The number of thiocarbonyl (C=S) groups is 1. The molecular weight excluding hydrogens is 194 g/mol. The molecule has 1 aliphatic heterocycles. The largest absolute Gasteiger partial charge is 0.353 e. The molecule has 0 saturated carbocycles. The van der Waals surface area contributed by atoms with E-state index in [1.807, 2.05) is 5.38 Å². The molecule has 12 heavy (non-hydrogen) atoms. The van der Waals surface area contributed by atoms with Gasteiger partial charge in [0.15, 0.2) is 5.11 Å². The van der Waals surface area contributed by atoms with Crippen LogP contribution in [0.1, 0.15) is 0 Å². The van der Waals surface area contributed by atoms with Crippen molar-refractivity contribution in [1.82, 2.24) is 15.6 Å². The van der Waals surface area contributed by atoms with Crippen LogP contribution >= 0.6 is 23.6 Å². The first kappa shape index (κ1) is 9.08. The third-order valence-corrected chi connectivity index (χ3v) is 1.78. The number of nitrogens with one attached hydrogen (secondary N) is 2. The van der Waals surface area contributed by atoms with Crippen LogP contribution in [0.25, 0.3) is 0 Å². The summed E-state index contributed by atoms with van der Waals surface area (Å²) < 4.78 is 0. The van der Waals surface area contributed by atoms with Gasteiger partial charge in [0.2, 0.25) is 5.91 Å². The maximum absolute atomic E-state index is 10.2. The van der Waals surface area contributed by atoms with Gasteiger partial charge in [0.05, 0.1) is 12.1 Å². The normalized spacial score (nSPS) is 14.3. The van der Waals surface area contributed by atoms with Crippen molar-refractivity contribution in [3.05, 3.63) is 17.1 Å². The molecule has 0 atom stereocenters. The van der Waals surface area contributed by atoms with Gasteiger partial charge in [-0.05, 0) is 12.2 Å². The first-order chi connectivity index (χ1) is 5.79. The lowest BCUT2D eigenvalue weighted by molar-refractivity contribution is -0.117. The summed E-state index contributed by atoms with van der Waals surface area (Å²) in [5, 5.41) is 7.40. The first-order valence-corrected chi connectivity index (χ1v) is 4.54. The van der Waals surface area contributed by atoms with Crippen molar-refractivity contribution >= 4 is 34.6 Å². The Hall–Kier alpha value is -1.01. The number of carbonyl (C=O) groups excluding carboxylic acids is 1. The Labute approximate surface area is 79.0 Å². The molecule has 4 nitrogen and oxygen atoms in total. The highest BCUT2D eigenvalue weighted by Gasteiger charge is 2.10. The van der Waals surface area contributed by atoms with Crippen molar-refractivity contribution in [2.24, 2.45) is 0 Å². The van der Waals surface area contributed by atoms with Crippen LogP contribution in [-0.2, 0) is 4.79 Å². The smallest absolute Gasteiger partial charge is 0.245 e. The number of aromatic nitrogens is 1. The summed E-state index contributed by atoms with van der Waals surface area (Å²) in [4.78, 5) is 13.9. The first-order valence-electron chi connectivity index (χ1n) is 3.19. The fourth-order valence-electron chi connectivity index (χ4n) is 0.551. The summed E-state index contributed by atoms with van der Waals surface area (Å²) in [6, 6.07) is 0. The predicted octanol–water partition coefficient (Wildman–Crippen LogP) is 0.134. The van der Waals surface area contributed by atoms with E-state index < -0.39 is 0 Å². The van der Waals surface area contributed by atoms with Crippen LogP contribution in [-0.4, -0.2) is 22.5 Å². The summed E-state index contributed by atoms with van der Waals surface area (Å²) in [6.45, 7) is 0.332. The van der Waals surface area contributed by atoms with E-state index in [-0.39, 0.29) is 5.91 Å². The van der Waals surface area contributed by atoms with E-state index in [0.29, 0.717) is 11.7 Å². The van der Waals surface area contributed by atoms with E-state index in [4.69, 9.17) is 0 Å². The molecule has 6 heteroatoms. The summed E-state index contributed by atoms with van der Waals surface area (Å²) >= 11 is 6.15. The standard InChI is InChI=1S/C3H4N2OS.C3H3NS/c6-2-1-4-3(7)5-2;1-2-5-3-4-1/h1H2,(H2,4,5,6,7);1-3H. The second-order valence-electron chi connectivity index (χ2n) is 1.91. The number of hydrogen-bond acceptors (Lipinski definition) is 4. The van der Waals surface area contributed by atoms with Gasteiger partial charge in [0, 0.05) is 11.6 Å². The Balaban J connectivity index is 0.000000127. The molecule has 0 aromatic carbocycles. The van der Waals surface area contributed by atoms with Crippen LogP contribution in [0, 0.1) is 0 Å². The minimum Gasteiger partial charge on any atom is -0.353 e. The maximum Gasteiger partial charge on any atom is 0.245 e. The second-order valence-corrected chi connectivity index (χ2v) is 3.07. The molecule has 0 radical (unpaired) electrons. The fourth-order valence-corrected chi connectivity index (χ4v) is 1.09. The summed E-state index contributed by atoms with van der Waals surface area (Å²) in [7, 11) is 0. The van der Waals surface area contributed by atoms with Crippen molar-refractivity contribution in [3.8, 4) is 0 Å². The zero-order valence-electron chi connectivity index (χ0n) is 6.11. The molecule has 1 aromatic rings. The van der Waals surface area contributed by atoms with E-state index in [9.17, 15) is 4.79 Å². The summed E-state index contributed by atoms with van der Waals surface area (Å²) in [5.41, 5.74) is 1.79. The Bertz CT molecular complexity index is 229. The predicted molar refractivity (Wildman–Crippen MR) is 50.9 cm³/mol. The Morgan fingerprint density at radius 3 is 2.67 bits per heavy atom. The molecule has 64 valence electrons. The number of amides is 1. The van der Waals surface area contributed by atoms with Crippen LogP contribution in [0.5, 0.6) is 0 Å². The molecule has 1 saturated heterocycles. The Morgan fingerprint density at radius 1 is 1.67 bits per heavy atom. The van der Waals surface area contributed by atoms with E-state index >= 15 is 0 Å². The SMILES string of the molecule is O=C1CNC(=S)N1.c1cscn1. The topological polar surface area (TPSA) is 54.0 Å². The molecule has 1 amide bonds. The van der Waals surface area contributed by atoms with Gasteiger partial charge in [-0.1, -0.05) is 0 Å². The molecule has 2 rings (SSSR count). The van der Waals surface area contributed by atoms with Gasteiger partial charge >= 0.3 is 0 Å². The van der Waals surface area contributed by atoms with Crippen LogP contribution in [0.2, 0.25) is 0 Å². The molecule has 0 spiro atoms. The van der Waals surface area contributed by atoms with Crippen LogP contribution in [0.4, 0.5) is 0 Å². The van der Waals surface area contributed by atoms with Gasteiger partial charge in [-0.15, -0.1) is 11.3 Å². The molecule has 2 heterocycles.